The van der Waals surface area contributed by atoms with Crippen LogP contribution >= 0.6 is 34.2 Å². The predicted molar refractivity (Wildman–Crippen MR) is 74.7 cm³/mol. The largest absolute Gasteiger partial charge is 1.00 e. The fourth-order valence-electron chi connectivity index (χ4n) is 0.647. The zero-order chi connectivity index (χ0) is 12.4. The minimum Gasteiger partial charge on any atom is -0.463 e. The molecular formula is C11H16ClILiNO2. The van der Waals surface area contributed by atoms with E-state index in [4.69, 9.17) is 21.1 Å². The van der Waals surface area contributed by atoms with Crippen molar-refractivity contribution in [2.75, 3.05) is 13.9 Å². The van der Waals surface area contributed by atoms with E-state index in [0.717, 1.165) is 10.1 Å². The van der Waals surface area contributed by atoms with Gasteiger partial charge in [0.15, 0.2) is 12.5 Å². The third kappa shape index (κ3) is 9.15. The van der Waals surface area contributed by atoms with Crippen LogP contribution in [0.3, 0.4) is 0 Å². The van der Waals surface area contributed by atoms with Crippen LogP contribution < -0.4 is 23.6 Å². The van der Waals surface area contributed by atoms with Crippen LogP contribution in [0, 0.1) is 10.6 Å². The van der Waals surface area contributed by atoms with Crippen molar-refractivity contribution in [2.24, 2.45) is 0 Å². The van der Waals surface area contributed by atoms with Gasteiger partial charge in [-0.15, -0.1) is 0 Å². The average Bonchev–Trinajstić information content (AvgIpc) is 2.29. The number of hydrogen-bond donors (Lipinski definition) is 0. The number of hydrogen-bond acceptors (Lipinski definition) is 3. The van der Waals surface area contributed by atoms with Crippen molar-refractivity contribution in [2.45, 2.75) is 19.8 Å². The van der Waals surface area contributed by atoms with Crippen molar-refractivity contribution >= 4 is 34.2 Å². The Hall–Kier alpha value is 0.527. The SMILES string of the molecule is COCOc1c(Cl)ccnc1I.[CH2-]CCC.[Li+]. The number of ether oxygens (including phenoxy) is 2. The second kappa shape index (κ2) is 13.0. The molecule has 0 aliphatic heterocycles. The number of halogens is 2. The van der Waals surface area contributed by atoms with Gasteiger partial charge in [-0.2, -0.15) is 6.42 Å². The Labute approximate surface area is 134 Å². The topological polar surface area (TPSA) is 31.4 Å². The number of rotatable bonds is 4. The van der Waals surface area contributed by atoms with Crippen LogP contribution in [0.4, 0.5) is 0 Å². The Morgan fingerprint density at radius 1 is 1.53 bits per heavy atom. The molecule has 1 aromatic heterocycles. The maximum Gasteiger partial charge on any atom is 1.00 e. The number of nitrogens with zero attached hydrogens (tertiary/aromatic N) is 1. The van der Waals surface area contributed by atoms with E-state index in [1.165, 1.54) is 6.42 Å². The first-order valence-corrected chi connectivity index (χ1v) is 6.34. The number of pyridine rings is 1. The van der Waals surface area contributed by atoms with Crippen LogP contribution in [-0.4, -0.2) is 18.9 Å². The normalized spacial score (nSPS) is 8.76. The van der Waals surface area contributed by atoms with E-state index in [1.807, 2.05) is 22.6 Å². The first kappa shape index (κ1) is 19.9. The molecule has 0 aromatic carbocycles. The fourth-order valence-corrected chi connectivity index (χ4v) is 1.61. The molecule has 1 heterocycles. The van der Waals surface area contributed by atoms with Gasteiger partial charge >= 0.3 is 18.9 Å². The molecule has 0 N–H and O–H groups in total. The van der Waals surface area contributed by atoms with E-state index in [0.29, 0.717) is 10.8 Å². The molecule has 0 aliphatic rings. The summed E-state index contributed by atoms with van der Waals surface area (Å²) in [4.78, 5) is 4.01. The van der Waals surface area contributed by atoms with Gasteiger partial charge in [-0.1, -0.05) is 24.9 Å². The minimum atomic E-state index is 0. The average molecular weight is 364 g/mol. The summed E-state index contributed by atoms with van der Waals surface area (Å²) in [6.45, 7) is 5.90. The van der Waals surface area contributed by atoms with Gasteiger partial charge < -0.3 is 16.4 Å². The molecule has 0 radical (unpaired) electrons. The van der Waals surface area contributed by atoms with Gasteiger partial charge in [0.1, 0.15) is 3.70 Å². The van der Waals surface area contributed by atoms with Crippen LogP contribution in [0.25, 0.3) is 0 Å². The van der Waals surface area contributed by atoms with Crippen molar-refractivity contribution in [3.8, 4) is 5.75 Å². The molecule has 1 rings (SSSR count). The van der Waals surface area contributed by atoms with E-state index < -0.39 is 0 Å². The Kier molecular flexibility index (Phi) is 15.2. The first-order chi connectivity index (χ1) is 7.67. The molecule has 0 bridgehead atoms. The maximum atomic E-state index is 5.84. The molecule has 0 saturated heterocycles. The number of unbranched alkanes of at least 4 members (excludes halogenated alkanes) is 1. The van der Waals surface area contributed by atoms with Crippen molar-refractivity contribution < 1.29 is 28.3 Å². The summed E-state index contributed by atoms with van der Waals surface area (Å²) in [6.07, 6.45) is 3.91. The van der Waals surface area contributed by atoms with Crippen molar-refractivity contribution in [1.82, 2.24) is 4.98 Å². The molecule has 0 aliphatic carbocycles. The Bertz CT molecular complexity index is 281. The summed E-state index contributed by atoms with van der Waals surface area (Å²) in [7, 11) is 1.55. The molecule has 3 nitrogen and oxygen atoms in total. The van der Waals surface area contributed by atoms with Gasteiger partial charge in [0, 0.05) is 13.3 Å². The van der Waals surface area contributed by atoms with E-state index in [9.17, 15) is 0 Å². The van der Waals surface area contributed by atoms with E-state index in [2.05, 4.69) is 18.8 Å². The van der Waals surface area contributed by atoms with Crippen LogP contribution in [0.1, 0.15) is 19.8 Å². The van der Waals surface area contributed by atoms with Crippen molar-refractivity contribution in [3.63, 3.8) is 0 Å². The van der Waals surface area contributed by atoms with Gasteiger partial charge in [-0.05, 0) is 28.7 Å². The molecule has 1 aromatic rings. The molecule has 92 valence electrons. The van der Waals surface area contributed by atoms with Crippen LogP contribution in [-0.2, 0) is 4.74 Å². The van der Waals surface area contributed by atoms with Gasteiger partial charge in [-0.3, -0.25) is 0 Å². The Morgan fingerprint density at radius 2 is 2.12 bits per heavy atom. The first-order valence-electron chi connectivity index (χ1n) is 4.88. The summed E-state index contributed by atoms with van der Waals surface area (Å²) in [5.41, 5.74) is 0. The molecular weight excluding hydrogens is 347 g/mol. The molecule has 17 heavy (non-hydrogen) atoms. The third-order valence-electron chi connectivity index (χ3n) is 1.49. The standard InChI is InChI=1S/C7H7ClINO2.C4H9.Li/c1-11-4-12-6-5(8)2-3-10-7(6)9;1-3-4-2;/h2-3H,4H2,1H3;1,3-4H2,2H3;/q;-1;+1. The summed E-state index contributed by atoms with van der Waals surface area (Å²) in [5.74, 6) is 0.571. The third-order valence-corrected chi connectivity index (χ3v) is 2.55. The quantitative estimate of drug-likeness (QED) is 0.262. The second-order valence-electron chi connectivity index (χ2n) is 2.82. The summed E-state index contributed by atoms with van der Waals surface area (Å²) in [5, 5.41) is 0.548. The summed E-state index contributed by atoms with van der Waals surface area (Å²) < 4.78 is 10.7. The molecule has 6 heteroatoms. The monoisotopic (exact) mass is 363 g/mol. The van der Waals surface area contributed by atoms with Crippen LogP contribution in [0.2, 0.25) is 5.02 Å². The molecule has 0 saturated carbocycles. The van der Waals surface area contributed by atoms with Gasteiger partial charge in [0.05, 0.1) is 5.02 Å². The number of aromatic nitrogens is 1. The van der Waals surface area contributed by atoms with E-state index >= 15 is 0 Å². The smallest absolute Gasteiger partial charge is 0.463 e. The van der Waals surface area contributed by atoms with E-state index in [1.54, 1.807) is 19.4 Å². The maximum absolute atomic E-state index is 5.84. The zero-order valence-electron chi connectivity index (χ0n) is 10.5. The predicted octanol–water partition coefficient (Wildman–Crippen LogP) is 0.947. The second-order valence-corrected chi connectivity index (χ2v) is 4.25. The molecule has 0 spiro atoms. The van der Waals surface area contributed by atoms with E-state index in [-0.39, 0.29) is 25.7 Å². The van der Waals surface area contributed by atoms with Gasteiger partial charge in [-0.25, -0.2) is 4.98 Å². The van der Waals surface area contributed by atoms with Crippen LogP contribution in [0.5, 0.6) is 5.75 Å². The van der Waals surface area contributed by atoms with Gasteiger partial charge in [0.2, 0.25) is 0 Å². The zero-order valence-corrected chi connectivity index (χ0v) is 13.4. The molecule has 0 fully saturated rings. The molecule has 0 unspecified atom stereocenters. The Morgan fingerprint density at radius 3 is 2.53 bits per heavy atom. The minimum absolute atomic E-state index is 0. The van der Waals surface area contributed by atoms with Crippen molar-refractivity contribution in [1.29, 1.82) is 0 Å². The van der Waals surface area contributed by atoms with Gasteiger partial charge in [0.25, 0.3) is 0 Å². The van der Waals surface area contributed by atoms with Crippen molar-refractivity contribution in [3.05, 3.63) is 27.9 Å². The van der Waals surface area contributed by atoms with Crippen LogP contribution in [0.15, 0.2) is 12.3 Å². The molecule has 0 amide bonds. The summed E-state index contributed by atoms with van der Waals surface area (Å²) in [6, 6.07) is 1.68. The fraction of sp³-hybridized carbons (Fsp3) is 0.455. The number of methoxy groups -OCH3 is 1. The summed E-state index contributed by atoms with van der Waals surface area (Å²) >= 11 is 7.89. The molecule has 0 atom stereocenters. The Balaban J connectivity index is 0.